The van der Waals surface area contributed by atoms with E-state index in [9.17, 15) is 13.2 Å². The van der Waals surface area contributed by atoms with Crippen LogP contribution in [0.2, 0.25) is 0 Å². The molecule has 0 aromatic carbocycles. The summed E-state index contributed by atoms with van der Waals surface area (Å²) in [5.74, 6) is 0.521. The third-order valence-electron chi connectivity index (χ3n) is 5.39. The van der Waals surface area contributed by atoms with Gasteiger partial charge in [-0.2, -0.15) is 4.31 Å². The first-order chi connectivity index (χ1) is 13.0. The molecule has 0 radical (unpaired) electrons. The lowest BCUT2D eigenvalue weighted by Gasteiger charge is -2.36. The van der Waals surface area contributed by atoms with Crippen molar-refractivity contribution in [3.63, 3.8) is 0 Å². The van der Waals surface area contributed by atoms with Gasteiger partial charge in [0.05, 0.1) is 18.2 Å². The highest BCUT2D eigenvalue weighted by molar-refractivity contribution is 7.91. The Bertz CT molecular complexity index is 873. The highest BCUT2D eigenvalue weighted by Gasteiger charge is 2.42. The quantitative estimate of drug-likeness (QED) is 0.734. The van der Waals surface area contributed by atoms with E-state index in [4.69, 9.17) is 4.42 Å². The van der Waals surface area contributed by atoms with Gasteiger partial charge in [0.25, 0.3) is 10.0 Å². The molecule has 4 rings (SSSR count). The van der Waals surface area contributed by atoms with E-state index in [1.807, 2.05) is 24.0 Å². The number of sulfonamides is 1. The van der Waals surface area contributed by atoms with Crippen LogP contribution in [-0.4, -0.2) is 42.7 Å². The highest BCUT2D eigenvalue weighted by Crippen LogP contribution is 2.37. The molecule has 2 aromatic rings. The first kappa shape index (κ1) is 18.7. The van der Waals surface area contributed by atoms with E-state index in [1.54, 1.807) is 23.8 Å². The van der Waals surface area contributed by atoms with E-state index < -0.39 is 10.0 Å². The van der Waals surface area contributed by atoms with Crippen LogP contribution in [0.1, 0.15) is 44.4 Å². The second kappa shape index (κ2) is 7.41. The molecule has 1 amide bonds. The fraction of sp³-hybridized carbons (Fsp3) is 0.526. The second-order valence-corrected chi connectivity index (χ2v) is 10.4. The minimum Gasteiger partial charge on any atom is -0.467 e. The number of carbonyl (C=O) groups is 1. The standard InChI is InChI=1S/C19H24N2O4S2/c1-14(17-6-3-11-25-17)21(16-8-9-16)19(22)15-5-2-10-20(13-15)27(23,24)18-7-4-12-26-18/h3-4,6-7,11-12,14-16H,2,5,8-10,13H2,1H3. The molecule has 6 nitrogen and oxygen atoms in total. The van der Waals surface area contributed by atoms with Gasteiger partial charge in [-0.25, -0.2) is 8.42 Å². The van der Waals surface area contributed by atoms with E-state index in [2.05, 4.69) is 0 Å². The lowest BCUT2D eigenvalue weighted by molar-refractivity contribution is -0.140. The van der Waals surface area contributed by atoms with E-state index in [0.29, 0.717) is 17.2 Å². The van der Waals surface area contributed by atoms with Crippen LogP contribution in [0.3, 0.4) is 0 Å². The molecule has 0 spiro atoms. The van der Waals surface area contributed by atoms with Crippen molar-refractivity contribution in [1.29, 1.82) is 0 Å². The molecule has 2 fully saturated rings. The molecule has 2 aliphatic rings. The van der Waals surface area contributed by atoms with Crippen LogP contribution in [-0.2, 0) is 14.8 Å². The zero-order valence-corrected chi connectivity index (χ0v) is 16.9. The Balaban J connectivity index is 1.52. The van der Waals surface area contributed by atoms with Gasteiger partial charge in [0.1, 0.15) is 9.97 Å². The SMILES string of the molecule is CC(c1ccco1)N(C(=O)C1CCCN(S(=O)(=O)c2cccs2)C1)C1CC1. The van der Waals surface area contributed by atoms with Crippen molar-refractivity contribution in [1.82, 2.24) is 9.21 Å². The number of amides is 1. The van der Waals surface area contributed by atoms with Crippen molar-refractivity contribution in [3.8, 4) is 0 Å². The zero-order chi connectivity index (χ0) is 19.0. The molecule has 1 saturated heterocycles. The van der Waals surface area contributed by atoms with Crippen LogP contribution in [0, 0.1) is 5.92 Å². The van der Waals surface area contributed by atoms with Gasteiger partial charge in [-0.1, -0.05) is 6.07 Å². The molecule has 0 bridgehead atoms. The third kappa shape index (κ3) is 3.70. The molecule has 3 heterocycles. The van der Waals surface area contributed by atoms with Crippen LogP contribution in [0.5, 0.6) is 0 Å². The van der Waals surface area contributed by atoms with Gasteiger partial charge < -0.3 is 9.32 Å². The Labute approximate surface area is 163 Å². The fourth-order valence-corrected chi connectivity index (χ4v) is 6.48. The number of piperidine rings is 1. The molecule has 27 heavy (non-hydrogen) atoms. The van der Waals surface area contributed by atoms with Crippen molar-refractivity contribution in [2.24, 2.45) is 5.92 Å². The van der Waals surface area contributed by atoms with Gasteiger partial charge in [-0.05, 0) is 56.2 Å². The van der Waals surface area contributed by atoms with Gasteiger partial charge in [0, 0.05) is 19.1 Å². The summed E-state index contributed by atoms with van der Waals surface area (Å²) in [6, 6.07) is 7.19. The van der Waals surface area contributed by atoms with Crippen LogP contribution in [0.4, 0.5) is 0 Å². The fourth-order valence-electron chi connectivity index (χ4n) is 3.82. The average Bonchev–Trinajstić information content (AvgIpc) is 3.16. The minimum absolute atomic E-state index is 0.0486. The second-order valence-electron chi connectivity index (χ2n) is 7.30. The lowest BCUT2D eigenvalue weighted by atomic mass is 9.97. The monoisotopic (exact) mass is 408 g/mol. The number of hydrogen-bond acceptors (Lipinski definition) is 5. The molecular weight excluding hydrogens is 384 g/mol. The predicted octanol–water partition coefficient (Wildman–Crippen LogP) is 3.49. The summed E-state index contributed by atoms with van der Waals surface area (Å²) < 4.78 is 33.0. The molecular formula is C19H24N2O4S2. The largest absolute Gasteiger partial charge is 0.467 e. The maximum Gasteiger partial charge on any atom is 0.252 e. The smallest absolute Gasteiger partial charge is 0.252 e. The van der Waals surface area contributed by atoms with Crippen LogP contribution >= 0.6 is 11.3 Å². The maximum absolute atomic E-state index is 13.3. The number of hydrogen-bond donors (Lipinski definition) is 0. The Morgan fingerprint density at radius 3 is 2.74 bits per heavy atom. The number of thiophene rings is 1. The Morgan fingerprint density at radius 1 is 1.30 bits per heavy atom. The molecule has 2 atom stereocenters. The molecule has 146 valence electrons. The number of rotatable bonds is 6. The first-order valence-electron chi connectivity index (χ1n) is 9.37. The normalized spacial score (nSPS) is 22.5. The van der Waals surface area contributed by atoms with E-state index in [0.717, 1.165) is 25.0 Å². The van der Waals surface area contributed by atoms with Crippen LogP contribution in [0.15, 0.2) is 44.5 Å². The summed E-state index contributed by atoms with van der Waals surface area (Å²) in [5.41, 5.74) is 0. The van der Waals surface area contributed by atoms with E-state index >= 15 is 0 Å². The van der Waals surface area contributed by atoms with Gasteiger partial charge in [-0.3, -0.25) is 4.79 Å². The Hall–Kier alpha value is -1.64. The first-order valence-corrected chi connectivity index (χ1v) is 11.7. The third-order valence-corrected chi connectivity index (χ3v) is 8.63. The summed E-state index contributed by atoms with van der Waals surface area (Å²) in [4.78, 5) is 15.3. The van der Waals surface area contributed by atoms with E-state index in [1.165, 1.54) is 15.6 Å². The van der Waals surface area contributed by atoms with Crippen molar-refractivity contribution >= 4 is 27.3 Å². The Morgan fingerprint density at radius 2 is 2.11 bits per heavy atom. The van der Waals surface area contributed by atoms with Crippen LogP contribution in [0.25, 0.3) is 0 Å². The lowest BCUT2D eigenvalue weighted by Crippen LogP contribution is -2.47. The molecule has 2 aromatic heterocycles. The van der Waals surface area contributed by atoms with Crippen molar-refractivity contribution in [2.45, 2.75) is 48.9 Å². The predicted molar refractivity (Wildman–Crippen MR) is 103 cm³/mol. The maximum atomic E-state index is 13.3. The molecule has 2 unspecified atom stereocenters. The summed E-state index contributed by atoms with van der Waals surface area (Å²) in [6.07, 6.45) is 5.05. The summed E-state index contributed by atoms with van der Waals surface area (Å²) in [6.45, 7) is 2.71. The number of carbonyl (C=O) groups excluding carboxylic acids is 1. The minimum atomic E-state index is -3.52. The summed E-state index contributed by atoms with van der Waals surface area (Å²) in [5, 5.41) is 1.76. The zero-order valence-electron chi connectivity index (χ0n) is 15.3. The molecule has 0 N–H and O–H groups in total. The van der Waals surface area contributed by atoms with Gasteiger partial charge in [0.15, 0.2) is 0 Å². The van der Waals surface area contributed by atoms with Gasteiger partial charge in [0.2, 0.25) is 5.91 Å². The molecule has 8 heteroatoms. The summed E-state index contributed by atoms with van der Waals surface area (Å²) >= 11 is 1.22. The van der Waals surface area contributed by atoms with Gasteiger partial charge >= 0.3 is 0 Å². The van der Waals surface area contributed by atoms with Crippen LogP contribution < -0.4 is 0 Å². The van der Waals surface area contributed by atoms with Crippen molar-refractivity contribution in [3.05, 3.63) is 41.7 Å². The van der Waals surface area contributed by atoms with Crippen molar-refractivity contribution in [2.75, 3.05) is 13.1 Å². The number of nitrogens with zero attached hydrogens (tertiary/aromatic N) is 2. The number of furan rings is 1. The highest BCUT2D eigenvalue weighted by atomic mass is 32.2. The van der Waals surface area contributed by atoms with E-state index in [-0.39, 0.29) is 30.5 Å². The molecule has 1 aliphatic heterocycles. The van der Waals surface area contributed by atoms with Gasteiger partial charge in [-0.15, -0.1) is 11.3 Å². The topological polar surface area (TPSA) is 70.8 Å². The van der Waals surface area contributed by atoms with Crippen molar-refractivity contribution < 1.29 is 17.6 Å². The average molecular weight is 409 g/mol. The molecule has 1 saturated carbocycles. The summed E-state index contributed by atoms with van der Waals surface area (Å²) in [7, 11) is -3.52. The Kier molecular flexibility index (Phi) is 5.13. The molecule has 1 aliphatic carbocycles.